The second-order valence-corrected chi connectivity index (χ2v) is 7.30. The van der Waals surface area contributed by atoms with E-state index in [2.05, 4.69) is 18.8 Å². The van der Waals surface area contributed by atoms with Gasteiger partial charge in [-0.2, -0.15) is 0 Å². The summed E-state index contributed by atoms with van der Waals surface area (Å²) in [6.45, 7) is 5.11. The Hall–Kier alpha value is -0.610. The second kappa shape index (κ2) is 8.88. The van der Waals surface area contributed by atoms with Crippen LogP contribution in [0.3, 0.4) is 0 Å². The van der Waals surface area contributed by atoms with Gasteiger partial charge in [0.25, 0.3) is 0 Å². The molecule has 0 bridgehead atoms. The zero-order valence-corrected chi connectivity index (χ0v) is 14.3. The zero-order valence-electron chi connectivity index (χ0n) is 14.3. The average Bonchev–Trinajstić information content (AvgIpc) is 3.01. The van der Waals surface area contributed by atoms with Crippen molar-refractivity contribution in [3.63, 3.8) is 0 Å². The molecule has 0 spiro atoms. The van der Waals surface area contributed by atoms with Crippen molar-refractivity contribution in [3.05, 3.63) is 0 Å². The molecule has 0 radical (unpaired) electrons. The highest BCUT2D eigenvalue weighted by atomic mass is 16.5. The van der Waals surface area contributed by atoms with Gasteiger partial charge in [-0.3, -0.25) is 0 Å². The average molecular weight is 310 g/mol. The number of hydrogen-bond donors (Lipinski definition) is 2. The van der Waals surface area contributed by atoms with Crippen LogP contribution < -0.4 is 5.73 Å². The molecule has 2 aliphatic rings. The largest absolute Gasteiger partial charge is 0.479 e. The van der Waals surface area contributed by atoms with E-state index in [4.69, 9.17) is 10.5 Å². The van der Waals surface area contributed by atoms with E-state index in [-0.39, 0.29) is 6.04 Å². The van der Waals surface area contributed by atoms with Gasteiger partial charge >= 0.3 is 0 Å². The fourth-order valence-corrected chi connectivity index (χ4v) is 3.59. The molecule has 1 heterocycles. The Balaban J connectivity index is 1.69. The van der Waals surface area contributed by atoms with E-state index in [0.717, 1.165) is 18.7 Å². The third kappa shape index (κ3) is 5.24. The number of hydrogen-bond acceptors (Lipinski definition) is 4. The molecule has 0 aromatic carbocycles. The maximum absolute atomic E-state index is 10.3. The van der Waals surface area contributed by atoms with Crippen molar-refractivity contribution in [1.82, 2.24) is 0 Å². The van der Waals surface area contributed by atoms with Gasteiger partial charge in [-0.1, -0.05) is 52.4 Å². The Bertz CT molecular complexity index is 353. The molecule has 22 heavy (non-hydrogen) atoms. The molecule has 128 valence electrons. The summed E-state index contributed by atoms with van der Waals surface area (Å²) in [7, 11) is 0. The minimum absolute atomic E-state index is 0.101. The quantitative estimate of drug-likeness (QED) is 0.723. The van der Waals surface area contributed by atoms with Crippen molar-refractivity contribution >= 4 is 5.90 Å². The Labute approximate surface area is 135 Å². The summed E-state index contributed by atoms with van der Waals surface area (Å²) in [4.78, 5) is 4.65. The molecule has 0 unspecified atom stereocenters. The fourth-order valence-electron chi connectivity index (χ4n) is 3.59. The predicted molar refractivity (Wildman–Crippen MR) is 91.0 cm³/mol. The summed E-state index contributed by atoms with van der Waals surface area (Å²) in [6.07, 6.45) is 9.62. The molecular formula is C18H34N2O2. The first kappa shape index (κ1) is 17.7. The Morgan fingerprint density at radius 3 is 2.73 bits per heavy atom. The van der Waals surface area contributed by atoms with Crippen molar-refractivity contribution in [3.8, 4) is 0 Å². The molecule has 1 aliphatic heterocycles. The van der Waals surface area contributed by atoms with Crippen molar-refractivity contribution in [1.29, 1.82) is 0 Å². The lowest BCUT2D eigenvalue weighted by atomic mass is 9.83. The Morgan fingerprint density at radius 2 is 2.05 bits per heavy atom. The van der Waals surface area contributed by atoms with Crippen molar-refractivity contribution in [2.75, 3.05) is 6.61 Å². The van der Waals surface area contributed by atoms with Crippen LogP contribution in [-0.2, 0) is 4.74 Å². The summed E-state index contributed by atoms with van der Waals surface area (Å²) in [5.74, 6) is 2.10. The van der Waals surface area contributed by atoms with Crippen LogP contribution in [0.5, 0.6) is 0 Å². The zero-order chi connectivity index (χ0) is 15.9. The summed E-state index contributed by atoms with van der Waals surface area (Å²) in [6, 6.07) is 0.198. The van der Waals surface area contributed by atoms with Crippen LogP contribution in [0.4, 0.5) is 0 Å². The summed E-state index contributed by atoms with van der Waals surface area (Å²) in [5, 5.41) is 10.3. The summed E-state index contributed by atoms with van der Waals surface area (Å²) >= 11 is 0. The van der Waals surface area contributed by atoms with Crippen LogP contribution in [0.25, 0.3) is 0 Å². The number of aliphatic hydroxyl groups excluding tert-OH is 1. The molecule has 1 fully saturated rings. The Kier molecular flexibility index (Phi) is 7.16. The standard InChI is InChI=1S/C18H34N2O2/c1-3-13(2)16-12-22-18(20-16)10-9-17(21)15(19)11-14-7-5-4-6-8-14/h13-17,21H,3-12,19H2,1-2H3/t13-,15-,16+,17+/m0/s1. The topological polar surface area (TPSA) is 67.8 Å². The van der Waals surface area contributed by atoms with Gasteiger partial charge in [0.2, 0.25) is 0 Å². The highest BCUT2D eigenvalue weighted by molar-refractivity contribution is 5.77. The number of aliphatic imine (C=N–C) groups is 1. The van der Waals surface area contributed by atoms with E-state index in [9.17, 15) is 5.11 Å². The van der Waals surface area contributed by atoms with Gasteiger partial charge in [-0.05, 0) is 24.7 Å². The van der Waals surface area contributed by atoms with Gasteiger partial charge in [0.05, 0.1) is 12.1 Å². The van der Waals surface area contributed by atoms with Crippen molar-refractivity contribution in [2.45, 2.75) is 89.8 Å². The molecule has 3 N–H and O–H groups in total. The van der Waals surface area contributed by atoms with Gasteiger partial charge in [0.1, 0.15) is 6.61 Å². The molecule has 0 amide bonds. The van der Waals surface area contributed by atoms with Crippen LogP contribution in [0.2, 0.25) is 0 Å². The second-order valence-electron chi connectivity index (χ2n) is 7.30. The summed E-state index contributed by atoms with van der Waals surface area (Å²) < 4.78 is 5.67. The Morgan fingerprint density at radius 1 is 1.32 bits per heavy atom. The smallest absolute Gasteiger partial charge is 0.183 e. The van der Waals surface area contributed by atoms with E-state index >= 15 is 0 Å². The van der Waals surface area contributed by atoms with Gasteiger partial charge in [0.15, 0.2) is 5.90 Å². The minimum Gasteiger partial charge on any atom is -0.479 e. The molecule has 1 saturated carbocycles. The molecule has 1 aliphatic carbocycles. The molecule has 4 heteroatoms. The van der Waals surface area contributed by atoms with Crippen LogP contribution in [0.1, 0.15) is 71.6 Å². The SMILES string of the molecule is CC[C@H](C)[C@H]1COC(CC[C@@H](O)[C@@H](N)CC2CCCCC2)=N1. The number of rotatable bonds is 8. The lowest BCUT2D eigenvalue weighted by Gasteiger charge is -2.27. The van der Waals surface area contributed by atoms with E-state index in [1.54, 1.807) is 0 Å². The molecule has 0 aromatic rings. The highest BCUT2D eigenvalue weighted by Gasteiger charge is 2.25. The highest BCUT2D eigenvalue weighted by Crippen LogP contribution is 2.28. The van der Waals surface area contributed by atoms with E-state index in [0.29, 0.717) is 37.3 Å². The van der Waals surface area contributed by atoms with Gasteiger partial charge in [-0.15, -0.1) is 0 Å². The lowest BCUT2D eigenvalue weighted by Crippen LogP contribution is -2.37. The minimum atomic E-state index is -0.434. The normalized spacial score (nSPS) is 27.1. The third-order valence-electron chi connectivity index (χ3n) is 5.51. The lowest BCUT2D eigenvalue weighted by molar-refractivity contribution is 0.118. The predicted octanol–water partition coefficient (Wildman–Crippen LogP) is 3.27. The van der Waals surface area contributed by atoms with Gasteiger partial charge in [-0.25, -0.2) is 4.99 Å². The fraction of sp³-hybridized carbons (Fsp3) is 0.944. The molecule has 0 saturated heterocycles. The molecule has 0 aromatic heterocycles. The number of nitrogens with zero attached hydrogens (tertiary/aromatic N) is 1. The maximum Gasteiger partial charge on any atom is 0.183 e. The number of nitrogens with two attached hydrogens (primary N) is 1. The first-order chi connectivity index (χ1) is 10.6. The third-order valence-corrected chi connectivity index (χ3v) is 5.51. The van der Waals surface area contributed by atoms with Crippen LogP contribution in [0.15, 0.2) is 4.99 Å². The first-order valence-electron chi connectivity index (χ1n) is 9.23. The summed E-state index contributed by atoms with van der Waals surface area (Å²) in [5.41, 5.74) is 6.20. The van der Waals surface area contributed by atoms with Crippen molar-refractivity contribution in [2.24, 2.45) is 22.6 Å². The van der Waals surface area contributed by atoms with E-state index in [1.807, 2.05) is 0 Å². The molecular weight excluding hydrogens is 276 g/mol. The van der Waals surface area contributed by atoms with Gasteiger partial charge < -0.3 is 15.6 Å². The number of ether oxygens (including phenoxy) is 1. The number of aliphatic hydroxyl groups is 1. The maximum atomic E-state index is 10.3. The van der Waals surface area contributed by atoms with Gasteiger partial charge in [0, 0.05) is 12.5 Å². The molecule has 4 atom stereocenters. The first-order valence-corrected chi connectivity index (χ1v) is 9.23. The van der Waals surface area contributed by atoms with Crippen LogP contribution in [0, 0.1) is 11.8 Å². The van der Waals surface area contributed by atoms with Crippen LogP contribution >= 0.6 is 0 Å². The van der Waals surface area contributed by atoms with E-state index in [1.165, 1.54) is 32.1 Å². The van der Waals surface area contributed by atoms with Crippen molar-refractivity contribution < 1.29 is 9.84 Å². The molecule has 2 rings (SSSR count). The van der Waals surface area contributed by atoms with E-state index < -0.39 is 6.10 Å². The van der Waals surface area contributed by atoms with Crippen LogP contribution in [-0.4, -0.2) is 35.8 Å². The monoisotopic (exact) mass is 310 g/mol. The molecule has 4 nitrogen and oxygen atoms in total.